The Morgan fingerprint density at radius 3 is 1.23 bits per heavy atom. The number of nitrogens with one attached hydrogen (secondary N) is 3. The molecule has 27 heteroatoms. The molecular formula is C68H76N12O15. The van der Waals surface area contributed by atoms with Crippen molar-refractivity contribution >= 4 is 67.5 Å². The number of hydrogen-bond donors (Lipinski definition) is 12. The van der Waals surface area contributed by atoms with Crippen molar-refractivity contribution in [1.82, 2.24) is 44.6 Å². The Morgan fingerprint density at radius 2 is 0.811 bits per heavy atom. The molecule has 9 aromatic rings. The summed E-state index contributed by atoms with van der Waals surface area (Å²) < 4.78 is 20.2. The van der Waals surface area contributed by atoms with E-state index in [2.05, 4.69) is 37.0 Å². The molecule has 12 rings (SSSR count). The van der Waals surface area contributed by atoms with Gasteiger partial charge in [-0.1, -0.05) is 142 Å². The lowest BCUT2D eigenvalue weighted by Crippen LogP contribution is -2.34. The van der Waals surface area contributed by atoms with Crippen LogP contribution in [-0.2, 0) is 33.6 Å². The second kappa shape index (κ2) is 30.1. The van der Waals surface area contributed by atoms with Crippen LogP contribution in [0, 0.1) is 17.8 Å². The van der Waals surface area contributed by atoms with Gasteiger partial charge in [-0.15, -0.1) is 0 Å². The van der Waals surface area contributed by atoms with E-state index in [0.29, 0.717) is 25.9 Å². The van der Waals surface area contributed by atoms with E-state index in [-0.39, 0.29) is 53.9 Å². The second-order valence-electron chi connectivity index (χ2n) is 23.7. The van der Waals surface area contributed by atoms with E-state index in [9.17, 15) is 59.4 Å². The minimum absolute atomic E-state index is 0.0260. The number of amides is 3. The highest BCUT2D eigenvalue weighted by Gasteiger charge is 2.45. The van der Waals surface area contributed by atoms with Gasteiger partial charge in [-0.05, 0) is 67.9 Å². The molecule has 0 spiro atoms. The highest BCUT2D eigenvalue weighted by atomic mass is 16.6. The van der Waals surface area contributed by atoms with Gasteiger partial charge < -0.3 is 78.0 Å². The van der Waals surface area contributed by atoms with E-state index in [1.54, 1.807) is 20.8 Å². The van der Waals surface area contributed by atoms with E-state index in [4.69, 9.17) is 31.4 Å². The van der Waals surface area contributed by atoms with Crippen molar-refractivity contribution < 1.29 is 59.2 Å². The van der Waals surface area contributed by atoms with Crippen molar-refractivity contribution in [3.05, 3.63) is 211 Å². The molecule has 3 saturated heterocycles. The molecule has 0 bridgehead atoms. The van der Waals surface area contributed by atoms with Gasteiger partial charge in [0.15, 0.2) is 0 Å². The number of fused-ring (bicyclic) bond motifs is 3. The number of nitrogen functional groups attached to an aromatic ring is 3. The number of ether oxygens (including phenoxy) is 3. The predicted octanol–water partition coefficient (Wildman–Crippen LogP) is 2.47. The maximum absolute atomic E-state index is 12.8. The normalized spacial score (nSPS) is 23.0. The molecule has 3 aromatic heterocycles. The van der Waals surface area contributed by atoms with E-state index in [1.165, 1.54) is 18.6 Å². The number of rotatable bonds is 17. The van der Waals surface area contributed by atoms with Gasteiger partial charge in [0, 0.05) is 56.0 Å². The number of hydrogen-bond acceptors (Lipinski definition) is 21. The third-order valence-corrected chi connectivity index (χ3v) is 17.4. The molecule has 0 aliphatic carbocycles. The van der Waals surface area contributed by atoms with Crippen molar-refractivity contribution in [2.75, 3.05) is 50.1 Å². The number of nitrogens with zero attached hydrogens (tertiary/aromatic N) is 6. The van der Waals surface area contributed by atoms with Crippen LogP contribution in [0.4, 0.5) is 17.5 Å². The Kier molecular flexibility index (Phi) is 21.5. The molecule has 0 saturated carbocycles. The molecule has 15 N–H and O–H groups in total. The van der Waals surface area contributed by atoms with Crippen LogP contribution in [0.15, 0.2) is 160 Å². The number of benzene rings is 6. The number of carbonyl (C=O) groups is 3. The molecule has 6 heterocycles. The van der Waals surface area contributed by atoms with Gasteiger partial charge in [-0.2, -0.15) is 15.0 Å². The molecule has 498 valence electrons. The minimum atomic E-state index is -0.954. The topological polar surface area (TPSA) is 419 Å². The third kappa shape index (κ3) is 15.1. The van der Waals surface area contributed by atoms with Gasteiger partial charge in [-0.25, -0.2) is 14.4 Å². The lowest BCUT2D eigenvalue weighted by molar-refractivity contribution is -0.0476. The summed E-state index contributed by atoms with van der Waals surface area (Å²) in [5, 5.41) is 73.7. The van der Waals surface area contributed by atoms with E-state index in [1.807, 2.05) is 121 Å². The van der Waals surface area contributed by atoms with Gasteiger partial charge in [0.25, 0.3) is 17.7 Å². The minimum Gasteiger partial charge on any atom is -0.394 e. The SMILES string of the molecule is C[C@H]1C(O)[C@@H](CO)O[C@H]1n1cc(C(=O)NCCc2ccc3ccccc3c2)c(N)nc1=O.C[C@H]1C(O)[C@@H](CO)O[C@H]1n1cc(C(=O)NCCc2cccc3ccccc23)c(N)nc1=O.C[C@H]1C(O)[C@@H](CO)O[C@H]1n1cc(C(=O)NCc2ccc3ccccc3c2)c(N)nc1=O. The van der Waals surface area contributed by atoms with E-state index < -0.39 is 114 Å². The summed E-state index contributed by atoms with van der Waals surface area (Å²) in [6, 6.07) is 42.1. The fraction of sp³-hybridized carbons (Fsp3) is 0.338. The van der Waals surface area contributed by atoms with Crippen LogP contribution in [0.3, 0.4) is 0 Å². The first-order chi connectivity index (χ1) is 45.7. The molecule has 27 nitrogen and oxygen atoms in total. The van der Waals surface area contributed by atoms with Crippen molar-refractivity contribution in [2.24, 2.45) is 17.8 Å². The largest absolute Gasteiger partial charge is 0.394 e. The first kappa shape index (κ1) is 68.1. The molecule has 12 atom stereocenters. The van der Waals surface area contributed by atoms with Gasteiger partial charge >= 0.3 is 17.1 Å². The maximum atomic E-state index is 12.8. The average Bonchev–Trinajstić information content (AvgIpc) is 1.72. The quantitative estimate of drug-likeness (QED) is 0.0623. The van der Waals surface area contributed by atoms with Crippen LogP contribution in [0.1, 0.15) is 87.2 Å². The molecule has 0 radical (unpaired) electrons. The van der Waals surface area contributed by atoms with Crippen molar-refractivity contribution in [1.29, 1.82) is 0 Å². The number of aliphatic hydroxyl groups is 6. The van der Waals surface area contributed by atoms with E-state index in [0.717, 1.165) is 62.7 Å². The Morgan fingerprint density at radius 1 is 0.453 bits per heavy atom. The van der Waals surface area contributed by atoms with Crippen molar-refractivity contribution in [3.63, 3.8) is 0 Å². The molecule has 95 heavy (non-hydrogen) atoms. The molecule has 3 aliphatic rings. The first-order valence-corrected chi connectivity index (χ1v) is 30.9. The number of aliphatic hydroxyl groups excluding tert-OH is 6. The Labute approximate surface area is 543 Å². The summed E-state index contributed by atoms with van der Waals surface area (Å²) in [6.07, 6.45) is -2.82. The summed E-state index contributed by atoms with van der Waals surface area (Å²) in [6.45, 7) is 4.91. The average molecular weight is 1300 g/mol. The standard InChI is InChI=1S/2C23H26N4O5.C22H24N4O5/c1-13-19(29)18(12-28)32-22(13)27-11-17(20(24)26-23(27)31)21(30)25-10-9-15-7-4-6-14-5-2-3-8-16(14)15;1-13-19(29)18(12-28)32-22(13)27-11-17(20(24)26-23(27)31)21(30)25-9-8-14-6-7-15-4-2-3-5-16(15)10-14;1-12-18(28)17(11-27)31-21(12)26-10-16(19(23)25-22(26)30)20(29)24-9-13-6-7-14-4-2-3-5-15(14)8-13/h2-8,11,13,18-19,22,28-29H,9-10,12H2,1H3,(H,25,30)(H2,24,26,31);2-7,10-11,13,18-19,22,28-29H,8-9,12H2,1H3,(H,25,30)(H2,24,26,31);2-8,10,12,17-18,21,27-28H,9,11H2,1H3,(H,24,29)(H2,23,25,30)/t2*13-,18+,19?,22+;12-,17+,18?,21+/m000/s1. The second-order valence-corrected chi connectivity index (χ2v) is 23.7. The lowest BCUT2D eigenvalue weighted by atomic mass is 10.0. The van der Waals surface area contributed by atoms with Crippen LogP contribution in [0.2, 0.25) is 0 Å². The third-order valence-electron chi connectivity index (χ3n) is 17.4. The zero-order valence-corrected chi connectivity index (χ0v) is 52.2. The summed E-state index contributed by atoms with van der Waals surface area (Å²) in [4.78, 5) is 86.7. The zero-order chi connectivity index (χ0) is 67.8. The number of aromatic nitrogens is 6. The molecule has 3 fully saturated rings. The molecular weight excluding hydrogens is 1220 g/mol. The summed E-state index contributed by atoms with van der Waals surface area (Å²) in [5.41, 5.74) is 18.6. The van der Waals surface area contributed by atoms with Gasteiger partial charge in [-0.3, -0.25) is 28.1 Å². The smallest absolute Gasteiger partial charge is 0.351 e. The summed E-state index contributed by atoms with van der Waals surface area (Å²) in [7, 11) is 0. The number of nitrogens with two attached hydrogens (primary N) is 3. The number of carbonyl (C=O) groups excluding carboxylic acids is 3. The number of anilines is 3. The zero-order valence-electron chi connectivity index (χ0n) is 52.2. The monoisotopic (exact) mass is 1300 g/mol. The fourth-order valence-electron chi connectivity index (χ4n) is 12.0. The van der Waals surface area contributed by atoms with Gasteiger partial charge in [0.05, 0.1) is 54.8 Å². The molecule has 6 aromatic carbocycles. The molecule has 3 amide bonds. The Bertz CT molecular complexity index is 4440. The highest BCUT2D eigenvalue weighted by molar-refractivity contribution is 5.99. The summed E-state index contributed by atoms with van der Waals surface area (Å²) >= 11 is 0. The molecule has 3 unspecified atom stereocenters. The van der Waals surface area contributed by atoms with E-state index >= 15 is 0 Å². The fourth-order valence-corrected chi connectivity index (χ4v) is 12.0. The summed E-state index contributed by atoms with van der Waals surface area (Å²) in [5.74, 6) is -3.44. The highest BCUT2D eigenvalue weighted by Crippen LogP contribution is 2.36. The van der Waals surface area contributed by atoms with Crippen LogP contribution in [0.5, 0.6) is 0 Å². The van der Waals surface area contributed by atoms with Crippen LogP contribution >= 0.6 is 0 Å². The first-order valence-electron chi connectivity index (χ1n) is 30.9. The van der Waals surface area contributed by atoms with Gasteiger partial charge in [0.1, 0.15) is 54.4 Å². The Hall–Kier alpha value is -9.81. The van der Waals surface area contributed by atoms with Crippen LogP contribution in [-0.4, -0.2) is 147 Å². The van der Waals surface area contributed by atoms with Crippen LogP contribution < -0.4 is 50.2 Å². The van der Waals surface area contributed by atoms with Crippen LogP contribution in [0.25, 0.3) is 32.3 Å². The lowest BCUT2D eigenvalue weighted by Gasteiger charge is -2.19. The molecule has 3 aliphatic heterocycles. The Balaban J connectivity index is 0.000000155. The maximum Gasteiger partial charge on any atom is 0.351 e. The predicted molar refractivity (Wildman–Crippen MR) is 352 cm³/mol. The van der Waals surface area contributed by atoms with Crippen molar-refractivity contribution in [3.8, 4) is 0 Å². The van der Waals surface area contributed by atoms with Crippen molar-refractivity contribution in [2.45, 2.75) is 95.5 Å². The van der Waals surface area contributed by atoms with Gasteiger partial charge in [0.2, 0.25) is 0 Å².